The van der Waals surface area contributed by atoms with Crippen molar-refractivity contribution in [2.24, 2.45) is 0 Å². The molecular formula is C26H33N5O3S. The van der Waals surface area contributed by atoms with Crippen LogP contribution in [0.4, 0.5) is 0 Å². The summed E-state index contributed by atoms with van der Waals surface area (Å²) in [5, 5.41) is 2.99. The lowest BCUT2D eigenvalue weighted by Crippen LogP contribution is -2.48. The number of nitrogens with zero attached hydrogens (tertiary/aromatic N) is 4. The molecule has 1 N–H and O–H groups in total. The van der Waals surface area contributed by atoms with Crippen LogP contribution in [0.1, 0.15) is 39.8 Å². The molecule has 9 heteroatoms. The maximum Gasteiger partial charge on any atom is 0.251 e. The van der Waals surface area contributed by atoms with E-state index >= 15 is 0 Å². The van der Waals surface area contributed by atoms with E-state index in [2.05, 4.69) is 31.9 Å². The molecule has 1 aromatic heterocycles. The van der Waals surface area contributed by atoms with Gasteiger partial charge < -0.3 is 9.88 Å². The van der Waals surface area contributed by atoms with Crippen LogP contribution in [0.15, 0.2) is 60.9 Å². The molecule has 186 valence electrons. The monoisotopic (exact) mass is 495 g/mol. The summed E-state index contributed by atoms with van der Waals surface area (Å²) in [7, 11) is -3.11. The molecule has 0 unspecified atom stereocenters. The lowest BCUT2D eigenvalue weighted by atomic mass is 10.1. The Morgan fingerprint density at radius 1 is 0.914 bits per heavy atom. The van der Waals surface area contributed by atoms with Crippen molar-refractivity contribution in [1.82, 2.24) is 24.1 Å². The minimum atomic E-state index is -3.11. The van der Waals surface area contributed by atoms with Crippen LogP contribution in [0.25, 0.3) is 0 Å². The highest BCUT2D eigenvalue weighted by atomic mass is 32.2. The van der Waals surface area contributed by atoms with Crippen molar-refractivity contribution in [3.8, 4) is 0 Å². The quantitative estimate of drug-likeness (QED) is 0.493. The number of carbonyl (C=O) groups excluding carboxylic acids is 1. The number of sulfonamides is 1. The van der Waals surface area contributed by atoms with Gasteiger partial charge in [-0.1, -0.05) is 36.4 Å². The number of carbonyl (C=O) groups is 1. The zero-order chi connectivity index (χ0) is 24.8. The normalized spacial score (nSPS) is 15.3. The number of rotatable bonds is 9. The molecule has 0 aliphatic carbocycles. The predicted octanol–water partition coefficient (Wildman–Crippen LogP) is 2.64. The number of aryl methyl sites for hydroxylation is 1. The smallest absolute Gasteiger partial charge is 0.251 e. The van der Waals surface area contributed by atoms with Gasteiger partial charge >= 0.3 is 0 Å². The Morgan fingerprint density at radius 3 is 2.11 bits per heavy atom. The number of imidazole rings is 1. The molecule has 0 saturated carbocycles. The van der Waals surface area contributed by atoms with Crippen molar-refractivity contribution >= 4 is 15.9 Å². The highest BCUT2D eigenvalue weighted by Crippen LogP contribution is 2.13. The van der Waals surface area contributed by atoms with Crippen LogP contribution in [0.5, 0.6) is 0 Å². The Morgan fingerprint density at radius 2 is 1.51 bits per heavy atom. The number of piperazine rings is 1. The van der Waals surface area contributed by atoms with Gasteiger partial charge in [0.15, 0.2) is 0 Å². The van der Waals surface area contributed by atoms with Gasteiger partial charge in [0.2, 0.25) is 10.0 Å². The van der Waals surface area contributed by atoms with Crippen LogP contribution in [-0.2, 0) is 29.7 Å². The van der Waals surface area contributed by atoms with E-state index in [4.69, 9.17) is 0 Å². The molecule has 1 saturated heterocycles. The third kappa shape index (κ3) is 6.56. The third-order valence-corrected chi connectivity index (χ3v) is 8.35. The van der Waals surface area contributed by atoms with Gasteiger partial charge in [0, 0.05) is 63.8 Å². The van der Waals surface area contributed by atoms with Crippen LogP contribution in [0.3, 0.4) is 0 Å². The summed E-state index contributed by atoms with van der Waals surface area (Å²) in [4.78, 5) is 19.1. The largest absolute Gasteiger partial charge is 0.348 e. The average Bonchev–Trinajstić information content (AvgIpc) is 3.28. The first kappa shape index (κ1) is 25.1. The molecular weight excluding hydrogens is 462 g/mol. The minimum Gasteiger partial charge on any atom is -0.348 e. The van der Waals surface area contributed by atoms with Crippen LogP contribution in [-0.4, -0.2) is 65.0 Å². The molecule has 8 nitrogen and oxygen atoms in total. The lowest BCUT2D eigenvalue weighted by molar-refractivity contribution is 0.0951. The van der Waals surface area contributed by atoms with E-state index in [9.17, 15) is 13.2 Å². The first-order valence-electron chi connectivity index (χ1n) is 12.0. The highest BCUT2D eigenvalue weighted by Gasteiger charge is 2.25. The van der Waals surface area contributed by atoms with Crippen LogP contribution in [0, 0.1) is 6.92 Å². The van der Waals surface area contributed by atoms with E-state index in [1.165, 1.54) is 5.56 Å². The molecule has 1 amide bonds. The van der Waals surface area contributed by atoms with E-state index in [0.717, 1.165) is 30.0 Å². The number of nitrogens with one attached hydrogen (secondary N) is 1. The van der Waals surface area contributed by atoms with E-state index in [0.29, 0.717) is 38.3 Å². The second kappa shape index (κ2) is 11.2. The summed E-state index contributed by atoms with van der Waals surface area (Å²) in [6.45, 7) is 8.13. The number of hydrogen-bond donors (Lipinski definition) is 1. The third-order valence-electron chi connectivity index (χ3n) is 6.46. The molecule has 1 aliphatic heterocycles. The molecule has 1 fully saturated rings. The Kier molecular flexibility index (Phi) is 8.00. The Balaban J connectivity index is 1.24. The zero-order valence-corrected chi connectivity index (χ0v) is 21.2. The molecule has 2 heterocycles. The van der Waals surface area contributed by atoms with Crippen molar-refractivity contribution in [3.05, 3.63) is 89.0 Å². The summed E-state index contributed by atoms with van der Waals surface area (Å²) in [5.74, 6) is 1.03. The topological polar surface area (TPSA) is 87.5 Å². The van der Waals surface area contributed by atoms with Crippen molar-refractivity contribution < 1.29 is 13.2 Å². The van der Waals surface area contributed by atoms with Crippen molar-refractivity contribution in [2.75, 3.05) is 31.9 Å². The molecule has 1 aliphatic rings. The summed E-state index contributed by atoms with van der Waals surface area (Å²) in [6.07, 6.45) is 3.77. The molecule has 0 atom stereocenters. The van der Waals surface area contributed by atoms with Gasteiger partial charge in [0.25, 0.3) is 5.91 Å². The number of hydrogen-bond acceptors (Lipinski definition) is 5. The van der Waals surface area contributed by atoms with Crippen molar-refractivity contribution in [3.63, 3.8) is 0 Å². The fourth-order valence-electron chi connectivity index (χ4n) is 4.18. The Labute approximate surface area is 207 Å². The molecule has 0 bridgehead atoms. The summed E-state index contributed by atoms with van der Waals surface area (Å²) in [6, 6.07) is 15.9. The first-order chi connectivity index (χ1) is 16.8. The fourth-order valence-corrected chi connectivity index (χ4v) is 5.27. The van der Waals surface area contributed by atoms with Gasteiger partial charge in [-0.2, -0.15) is 4.31 Å². The van der Waals surface area contributed by atoms with Gasteiger partial charge in [-0.3, -0.25) is 9.69 Å². The number of benzene rings is 2. The molecule has 35 heavy (non-hydrogen) atoms. The maximum atomic E-state index is 12.6. The SMILES string of the molecule is CCS(=O)(=O)N1CCN(Cc2ccc(C(=O)NCc3ccc(Cn4ccnc4C)cc3)cc2)CC1. The lowest BCUT2D eigenvalue weighted by Gasteiger charge is -2.33. The van der Waals surface area contributed by atoms with E-state index in [1.54, 1.807) is 17.4 Å². The van der Waals surface area contributed by atoms with Crippen molar-refractivity contribution in [1.29, 1.82) is 0 Å². The molecule has 0 radical (unpaired) electrons. The van der Waals surface area contributed by atoms with E-state index in [-0.39, 0.29) is 11.7 Å². The summed E-state index contributed by atoms with van der Waals surface area (Å²) in [5.41, 5.74) is 3.97. The summed E-state index contributed by atoms with van der Waals surface area (Å²) >= 11 is 0. The van der Waals surface area contributed by atoms with Crippen LogP contribution in [0.2, 0.25) is 0 Å². The second-order valence-electron chi connectivity index (χ2n) is 8.87. The molecule has 4 rings (SSSR count). The number of amides is 1. The van der Waals surface area contributed by atoms with E-state index < -0.39 is 10.0 Å². The minimum absolute atomic E-state index is 0.104. The highest BCUT2D eigenvalue weighted by molar-refractivity contribution is 7.89. The van der Waals surface area contributed by atoms with Crippen molar-refractivity contribution in [2.45, 2.75) is 33.5 Å². The molecule has 2 aromatic carbocycles. The Bertz CT molecular complexity index is 1230. The summed E-state index contributed by atoms with van der Waals surface area (Å²) < 4.78 is 27.7. The van der Waals surface area contributed by atoms with Gasteiger partial charge in [-0.05, 0) is 42.7 Å². The molecule has 0 spiro atoms. The van der Waals surface area contributed by atoms with Crippen LogP contribution < -0.4 is 5.32 Å². The predicted molar refractivity (Wildman–Crippen MR) is 136 cm³/mol. The van der Waals surface area contributed by atoms with Gasteiger partial charge in [-0.15, -0.1) is 0 Å². The van der Waals surface area contributed by atoms with Crippen LogP contribution >= 0.6 is 0 Å². The maximum absolute atomic E-state index is 12.6. The fraction of sp³-hybridized carbons (Fsp3) is 0.385. The van der Waals surface area contributed by atoms with E-state index in [1.807, 2.05) is 49.5 Å². The number of aromatic nitrogens is 2. The van der Waals surface area contributed by atoms with Gasteiger partial charge in [-0.25, -0.2) is 13.4 Å². The first-order valence-corrected chi connectivity index (χ1v) is 13.6. The Hall–Kier alpha value is -3.01. The average molecular weight is 496 g/mol. The van der Waals surface area contributed by atoms with Gasteiger partial charge in [0.05, 0.1) is 5.75 Å². The zero-order valence-electron chi connectivity index (χ0n) is 20.4. The van der Waals surface area contributed by atoms with Gasteiger partial charge in [0.1, 0.15) is 5.82 Å². The standard InChI is InChI=1S/C26H33N5O3S/c1-3-35(33,34)31-16-14-29(15-17-31)19-23-8-10-25(11-9-23)26(32)28-18-22-4-6-24(7-5-22)20-30-13-12-27-21(30)2/h4-13H,3,14-20H2,1-2H3,(H,28,32). The molecule has 3 aromatic rings. The second-order valence-corrected chi connectivity index (χ2v) is 11.1.